The lowest BCUT2D eigenvalue weighted by atomic mass is 9.70. The first-order chi connectivity index (χ1) is 30.3. The third-order valence-electron chi connectivity index (χ3n) is 13.3. The topological polar surface area (TPSA) is 16.4 Å². The van der Waals surface area contributed by atoms with Crippen molar-refractivity contribution in [1.29, 1.82) is 0 Å². The molecule has 0 fully saturated rings. The van der Waals surface area contributed by atoms with Crippen molar-refractivity contribution in [3.63, 3.8) is 0 Å². The molecule has 0 atom stereocenters. The van der Waals surface area contributed by atoms with Crippen LogP contribution in [0.5, 0.6) is 0 Å². The van der Waals surface area contributed by atoms with Gasteiger partial charge < -0.3 is 9.32 Å². The van der Waals surface area contributed by atoms with E-state index in [4.69, 9.17) is 4.42 Å². The zero-order valence-corrected chi connectivity index (χ0v) is 33.2. The van der Waals surface area contributed by atoms with Crippen LogP contribution >= 0.6 is 0 Å². The number of para-hydroxylation sites is 1. The number of furan rings is 1. The molecule has 61 heavy (non-hydrogen) atoms. The molecule has 0 saturated heterocycles. The van der Waals surface area contributed by atoms with Gasteiger partial charge in [0.05, 0.1) is 22.2 Å². The maximum Gasteiger partial charge on any atom is 0.143 e. The summed E-state index contributed by atoms with van der Waals surface area (Å²) in [4.78, 5) is 2.48. The van der Waals surface area contributed by atoms with Crippen LogP contribution in [0.4, 0.5) is 17.1 Å². The maximum absolute atomic E-state index is 6.89. The summed E-state index contributed by atoms with van der Waals surface area (Å²) in [5, 5.41) is 4.66. The van der Waals surface area contributed by atoms with Gasteiger partial charge in [-0.15, -0.1) is 0 Å². The predicted octanol–water partition coefficient (Wildman–Crippen LogP) is 15.9. The Labute approximate surface area is 354 Å². The number of benzene rings is 10. The molecule has 11 aromatic rings. The molecule has 1 heterocycles. The molecule has 0 bridgehead atoms. The largest absolute Gasteiger partial charge is 0.455 e. The van der Waals surface area contributed by atoms with Gasteiger partial charge in [-0.25, -0.2) is 0 Å². The lowest BCUT2D eigenvalue weighted by Crippen LogP contribution is -2.26. The van der Waals surface area contributed by atoms with Crippen LogP contribution in [0.2, 0.25) is 0 Å². The fraction of sp³-hybridized carbons (Fsp3) is 0.0169. The molecule has 1 spiro atoms. The number of nitrogens with zero attached hydrogens (tertiary/aromatic N) is 1. The van der Waals surface area contributed by atoms with Crippen LogP contribution in [-0.2, 0) is 5.41 Å². The van der Waals surface area contributed by atoms with Gasteiger partial charge in [-0.1, -0.05) is 188 Å². The highest BCUT2D eigenvalue weighted by atomic mass is 16.3. The Kier molecular flexibility index (Phi) is 7.26. The molecule has 2 aliphatic rings. The van der Waals surface area contributed by atoms with Crippen LogP contribution in [-0.4, -0.2) is 0 Å². The van der Waals surface area contributed by atoms with Gasteiger partial charge in [0.25, 0.3) is 0 Å². The van der Waals surface area contributed by atoms with Crippen molar-refractivity contribution in [2.75, 3.05) is 4.90 Å². The van der Waals surface area contributed by atoms with Crippen molar-refractivity contribution in [3.8, 4) is 44.5 Å². The molecular weight excluding hydrogens is 739 g/mol. The van der Waals surface area contributed by atoms with Gasteiger partial charge in [0.2, 0.25) is 0 Å². The molecule has 0 amide bonds. The Balaban J connectivity index is 1.09. The van der Waals surface area contributed by atoms with Gasteiger partial charge >= 0.3 is 0 Å². The van der Waals surface area contributed by atoms with E-state index in [9.17, 15) is 0 Å². The van der Waals surface area contributed by atoms with Gasteiger partial charge in [0.15, 0.2) is 0 Å². The standard InChI is InChI=1S/C59H37NO/c1-2-16-40(17-3-1)44-22-12-23-48-57-54(29-14-30-55(57)61-58(44)48)60(43-35-33-39(34-36-43)42-32-31-38-15-4-5-18-41(38)37-42)53-28-13-27-52-56(53)47-21-8-11-26-51(47)59(52)49-24-9-6-19-45(49)46-20-7-10-25-50(46)59/h1-37H. The second-order valence-corrected chi connectivity index (χ2v) is 16.3. The average Bonchev–Trinajstić information content (AvgIpc) is 3.97. The molecule has 2 nitrogen and oxygen atoms in total. The van der Waals surface area contributed by atoms with Crippen molar-refractivity contribution in [2.45, 2.75) is 5.41 Å². The van der Waals surface area contributed by atoms with E-state index in [1.807, 2.05) is 0 Å². The summed E-state index contributed by atoms with van der Waals surface area (Å²) in [5.74, 6) is 0. The Bertz CT molecular complexity index is 3490. The summed E-state index contributed by atoms with van der Waals surface area (Å²) >= 11 is 0. The first kappa shape index (κ1) is 34.0. The smallest absolute Gasteiger partial charge is 0.143 e. The summed E-state index contributed by atoms with van der Waals surface area (Å²) in [7, 11) is 0. The summed E-state index contributed by atoms with van der Waals surface area (Å²) < 4.78 is 6.89. The van der Waals surface area contributed by atoms with E-state index >= 15 is 0 Å². The maximum atomic E-state index is 6.89. The Morgan fingerprint density at radius 3 is 1.70 bits per heavy atom. The van der Waals surface area contributed by atoms with Gasteiger partial charge in [0.1, 0.15) is 11.2 Å². The van der Waals surface area contributed by atoms with Crippen molar-refractivity contribution in [2.24, 2.45) is 0 Å². The van der Waals surface area contributed by atoms with E-state index in [0.29, 0.717) is 0 Å². The molecule has 13 rings (SSSR count). The quantitative estimate of drug-likeness (QED) is 0.173. The predicted molar refractivity (Wildman–Crippen MR) is 253 cm³/mol. The molecule has 0 aliphatic heterocycles. The second kappa shape index (κ2) is 13.0. The molecule has 284 valence electrons. The third-order valence-corrected chi connectivity index (χ3v) is 13.3. The highest BCUT2D eigenvalue weighted by Crippen LogP contribution is 2.65. The monoisotopic (exact) mass is 775 g/mol. The molecule has 2 heteroatoms. The van der Waals surface area contributed by atoms with Crippen LogP contribution in [0.25, 0.3) is 77.2 Å². The zero-order chi connectivity index (χ0) is 40.1. The minimum atomic E-state index is -0.459. The zero-order valence-electron chi connectivity index (χ0n) is 33.2. The van der Waals surface area contributed by atoms with Crippen molar-refractivity contribution < 1.29 is 4.42 Å². The molecule has 1 aromatic heterocycles. The average molecular weight is 776 g/mol. The Morgan fingerprint density at radius 2 is 0.934 bits per heavy atom. The molecule has 0 unspecified atom stereocenters. The lowest BCUT2D eigenvalue weighted by molar-refractivity contribution is 0.670. The summed E-state index contributed by atoms with van der Waals surface area (Å²) in [6.07, 6.45) is 0. The van der Waals surface area contributed by atoms with E-state index in [1.54, 1.807) is 0 Å². The molecule has 0 saturated carbocycles. The minimum absolute atomic E-state index is 0.459. The molecule has 10 aromatic carbocycles. The summed E-state index contributed by atoms with van der Waals surface area (Å²) in [6, 6.07) is 82.2. The number of hydrogen-bond donors (Lipinski definition) is 0. The fourth-order valence-electron chi connectivity index (χ4n) is 10.8. The van der Waals surface area contributed by atoms with Crippen LogP contribution in [0.15, 0.2) is 229 Å². The van der Waals surface area contributed by atoms with E-state index < -0.39 is 5.41 Å². The molecule has 0 radical (unpaired) electrons. The SMILES string of the molecule is c1ccc(-c2cccc3c2oc2cccc(N(c4ccc(-c5ccc6ccccc6c5)cc4)c4cccc5c4-c4ccccc4C54c5ccccc5-c5ccccc54)c23)cc1. The minimum Gasteiger partial charge on any atom is -0.455 e. The molecular formula is C59H37NO. The van der Waals surface area contributed by atoms with Crippen LogP contribution in [0.3, 0.4) is 0 Å². The van der Waals surface area contributed by atoms with Crippen LogP contribution in [0, 0.1) is 0 Å². The third kappa shape index (κ3) is 4.79. The van der Waals surface area contributed by atoms with E-state index in [1.165, 1.54) is 66.4 Å². The van der Waals surface area contributed by atoms with Gasteiger partial charge in [-0.05, 0) is 103 Å². The number of anilines is 3. The first-order valence-electron chi connectivity index (χ1n) is 21.1. The van der Waals surface area contributed by atoms with Gasteiger partial charge in [0, 0.05) is 22.2 Å². The van der Waals surface area contributed by atoms with E-state index in [-0.39, 0.29) is 0 Å². The number of hydrogen-bond acceptors (Lipinski definition) is 2. The van der Waals surface area contributed by atoms with Gasteiger partial charge in [-0.3, -0.25) is 0 Å². The van der Waals surface area contributed by atoms with Crippen molar-refractivity contribution in [3.05, 3.63) is 247 Å². The van der Waals surface area contributed by atoms with E-state index in [0.717, 1.165) is 50.1 Å². The van der Waals surface area contributed by atoms with Gasteiger partial charge in [-0.2, -0.15) is 0 Å². The van der Waals surface area contributed by atoms with Crippen molar-refractivity contribution in [1.82, 2.24) is 0 Å². The van der Waals surface area contributed by atoms with Crippen LogP contribution in [0.1, 0.15) is 22.3 Å². The highest BCUT2D eigenvalue weighted by molar-refractivity contribution is 6.17. The second-order valence-electron chi connectivity index (χ2n) is 16.3. The normalized spacial score (nSPS) is 13.0. The fourth-order valence-corrected chi connectivity index (χ4v) is 10.8. The first-order valence-corrected chi connectivity index (χ1v) is 21.1. The highest BCUT2D eigenvalue weighted by Gasteiger charge is 2.52. The Morgan fingerprint density at radius 1 is 0.361 bits per heavy atom. The number of rotatable bonds is 5. The summed E-state index contributed by atoms with van der Waals surface area (Å²) in [5.41, 5.74) is 19.6. The molecule has 2 aliphatic carbocycles. The van der Waals surface area contributed by atoms with Crippen LogP contribution < -0.4 is 4.90 Å². The van der Waals surface area contributed by atoms with E-state index in [2.05, 4.69) is 229 Å². The van der Waals surface area contributed by atoms with Crippen molar-refractivity contribution >= 4 is 49.8 Å². The lowest BCUT2D eigenvalue weighted by Gasteiger charge is -2.32. The Hall–Kier alpha value is -7.94. The number of fused-ring (bicyclic) bond motifs is 14. The molecule has 0 N–H and O–H groups in total. The summed E-state index contributed by atoms with van der Waals surface area (Å²) in [6.45, 7) is 0.